The average molecular weight is 471 g/mol. The summed E-state index contributed by atoms with van der Waals surface area (Å²) in [7, 11) is -4.18. The maximum Gasteiger partial charge on any atom is 0.407 e. The van der Waals surface area contributed by atoms with Crippen LogP contribution in [0.2, 0.25) is 0 Å². The monoisotopic (exact) mass is 471 g/mol. The quantitative estimate of drug-likeness (QED) is 0.275. The highest BCUT2D eigenvalue weighted by Gasteiger charge is 2.33. The number of benzene rings is 1. The van der Waals surface area contributed by atoms with Crippen LogP contribution in [0.3, 0.4) is 0 Å². The standard InChI is InChI=1S/C21H34N3O7P/c1-5-15(4)18(20(26)27)23-19(25)17(11-14(2)3)24-32(29,30)13-22-21(28)31-12-16-9-7-6-8-10-16/h6-10,14-15,17-18H,5,11-13H2,1-4H3,(H,22,28)(H,23,25)(H,26,27)(H2,24,29,30)/t15-,17-,18-/m0/s1. The van der Waals surface area contributed by atoms with Crippen molar-refractivity contribution >= 4 is 25.5 Å². The maximum absolute atomic E-state index is 12.7. The molecule has 0 radical (unpaired) electrons. The number of amides is 2. The molecule has 0 saturated heterocycles. The number of nitrogens with one attached hydrogen (secondary N) is 3. The summed E-state index contributed by atoms with van der Waals surface area (Å²) in [4.78, 5) is 46.3. The van der Waals surface area contributed by atoms with Crippen LogP contribution in [-0.4, -0.2) is 46.3 Å². The number of ether oxygens (including phenoxy) is 1. The van der Waals surface area contributed by atoms with Crippen LogP contribution >= 0.6 is 7.52 Å². The molecule has 4 atom stereocenters. The lowest BCUT2D eigenvalue weighted by molar-refractivity contribution is -0.143. The summed E-state index contributed by atoms with van der Waals surface area (Å²) in [5, 5.41) is 16.5. The molecular weight excluding hydrogens is 437 g/mol. The molecule has 180 valence electrons. The van der Waals surface area contributed by atoms with Gasteiger partial charge in [0.1, 0.15) is 18.9 Å². The van der Waals surface area contributed by atoms with E-state index in [0.29, 0.717) is 6.42 Å². The van der Waals surface area contributed by atoms with Crippen LogP contribution < -0.4 is 15.7 Å². The average Bonchev–Trinajstić information content (AvgIpc) is 2.73. The number of aliphatic carboxylic acids is 1. The van der Waals surface area contributed by atoms with E-state index in [9.17, 15) is 28.9 Å². The number of rotatable bonds is 13. The van der Waals surface area contributed by atoms with Crippen molar-refractivity contribution in [3.63, 3.8) is 0 Å². The fourth-order valence-electron chi connectivity index (χ4n) is 2.86. The van der Waals surface area contributed by atoms with Gasteiger partial charge < -0.3 is 25.4 Å². The number of hydrogen-bond donors (Lipinski definition) is 5. The summed E-state index contributed by atoms with van der Waals surface area (Å²) < 4.78 is 17.6. The molecule has 10 nitrogen and oxygen atoms in total. The molecule has 32 heavy (non-hydrogen) atoms. The first kappa shape index (κ1) is 27.6. The van der Waals surface area contributed by atoms with Gasteiger partial charge in [-0.15, -0.1) is 0 Å². The van der Waals surface area contributed by atoms with E-state index in [4.69, 9.17) is 4.74 Å². The zero-order valence-electron chi connectivity index (χ0n) is 18.9. The van der Waals surface area contributed by atoms with Gasteiger partial charge in [-0.25, -0.2) is 14.7 Å². The number of carbonyl (C=O) groups is 3. The third kappa shape index (κ3) is 10.3. The van der Waals surface area contributed by atoms with Gasteiger partial charge in [0.15, 0.2) is 0 Å². The number of carboxylic acid groups (broad SMARTS) is 1. The topological polar surface area (TPSA) is 154 Å². The summed E-state index contributed by atoms with van der Waals surface area (Å²) in [5.74, 6) is -2.20. The molecule has 0 spiro atoms. The molecule has 0 aliphatic rings. The van der Waals surface area contributed by atoms with Crippen LogP contribution in [0.25, 0.3) is 0 Å². The van der Waals surface area contributed by atoms with Crippen molar-refractivity contribution in [3.05, 3.63) is 35.9 Å². The summed E-state index contributed by atoms with van der Waals surface area (Å²) >= 11 is 0. The van der Waals surface area contributed by atoms with Crippen molar-refractivity contribution in [2.75, 3.05) is 6.29 Å². The molecule has 5 N–H and O–H groups in total. The lowest BCUT2D eigenvalue weighted by atomic mass is 9.98. The molecular formula is C21H34N3O7P. The van der Waals surface area contributed by atoms with E-state index in [1.807, 2.05) is 19.9 Å². The smallest absolute Gasteiger partial charge is 0.407 e. The Kier molecular flexibility index (Phi) is 11.4. The van der Waals surface area contributed by atoms with E-state index in [1.165, 1.54) is 0 Å². The predicted molar refractivity (Wildman–Crippen MR) is 120 cm³/mol. The van der Waals surface area contributed by atoms with Crippen LogP contribution in [0.1, 0.15) is 46.1 Å². The van der Waals surface area contributed by atoms with Gasteiger partial charge in [-0.2, -0.15) is 0 Å². The normalized spacial score (nSPS) is 15.8. The Morgan fingerprint density at radius 2 is 1.75 bits per heavy atom. The van der Waals surface area contributed by atoms with Crippen molar-refractivity contribution in [1.29, 1.82) is 0 Å². The largest absolute Gasteiger partial charge is 0.480 e. The number of hydrogen-bond acceptors (Lipinski definition) is 5. The summed E-state index contributed by atoms with van der Waals surface area (Å²) in [5.41, 5.74) is 0.760. The van der Waals surface area contributed by atoms with Gasteiger partial charge >= 0.3 is 12.1 Å². The Morgan fingerprint density at radius 1 is 1.12 bits per heavy atom. The van der Waals surface area contributed by atoms with Crippen LogP contribution in [-0.2, 0) is 25.5 Å². The highest BCUT2D eigenvalue weighted by molar-refractivity contribution is 7.55. The van der Waals surface area contributed by atoms with Crippen molar-refractivity contribution < 1.29 is 33.7 Å². The molecule has 0 saturated carbocycles. The molecule has 0 aromatic heterocycles. The van der Waals surface area contributed by atoms with E-state index >= 15 is 0 Å². The van der Waals surface area contributed by atoms with E-state index in [0.717, 1.165) is 5.56 Å². The van der Waals surface area contributed by atoms with Gasteiger partial charge in [0.05, 0.1) is 6.04 Å². The molecule has 1 unspecified atom stereocenters. The Hall–Kier alpha value is -2.42. The van der Waals surface area contributed by atoms with E-state index in [1.54, 1.807) is 38.1 Å². The second-order valence-electron chi connectivity index (χ2n) is 8.12. The van der Waals surface area contributed by atoms with Crippen molar-refractivity contribution in [3.8, 4) is 0 Å². The SMILES string of the molecule is CC[C@H](C)[C@H](NC(=O)[C@H](CC(C)C)NP(=O)(O)CNC(=O)OCc1ccccc1)C(=O)O. The molecule has 2 amide bonds. The molecule has 1 aromatic rings. The third-order valence-electron chi connectivity index (χ3n) is 4.81. The predicted octanol–water partition coefficient (Wildman–Crippen LogP) is 2.68. The second-order valence-corrected chi connectivity index (χ2v) is 10.1. The molecule has 1 aromatic carbocycles. The Bertz CT molecular complexity index is 804. The van der Waals surface area contributed by atoms with Crippen molar-refractivity contribution in [1.82, 2.24) is 15.7 Å². The van der Waals surface area contributed by atoms with E-state index < -0.39 is 43.9 Å². The van der Waals surface area contributed by atoms with Gasteiger partial charge in [0, 0.05) is 0 Å². The Balaban J connectivity index is 2.70. The van der Waals surface area contributed by atoms with E-state index in [-0.39, 0.29) is 24.9 Å². The second kappa shape index (κ2) is 13.2. The molecule has 0 aliphatic heterocycles. The van der Waals surface area contributed by atoms with Crippen LogP contribution in [0.4, 0.5) is 4.79 Å². The third-order valence-corrected chi connectivity index (χ3v) is 6.11. The molecule has 0 aliphatic carbocycles. The minimum absolute atomic E-state index is 0.000399. The zero-order valence-corrected chi connectivity index (χ0v) is 19.8. The fraction of sp³-hybridized carbons (Fsp3) is 0.571. The van der Waals surface area contributed by atoms with Gasteiger partial charge in [0.2, 0.25) is 5.91 Å². The van der Waals surface area contributed by atoms with Crippen LogP contribution in [0, 0.1) is 11.8 Å². The fourth-order valence-corrected chi connectivity index (χ4v) is 4.01. The van der Waals surface area contributed by atoms with Gasteiger partial charge in [0.25, 0.3) is 7.52 Å². The Morgan fingerprint density at radius 3 is 2.28 bits per heavy atom. The van der Waals surface area contributed by atoms with Gasteiger partial charge in [-0.05, 0) is 23.8 Å². The first-order valence-electron chi connectivity index (χ1n) is 10.5. The number of alkyl carbamates (subject to hydrolysis) is 1. The summed E-state index contributed by atoms with van der Waals surface area (Å²) in [6.07, 6.45) is -0.803. The van der Waals surface area contributed by atoms with E-state index in [2.05, 4.69) is 15.7 Å². The minimum Gasteiger partial charge on any atom is -0.480 e. The molecule has 0 bridgehead atoms. The first-order valence-corrected chi connectivity index (χ1v) is 12.4. The van der Waals surface area contributed by atoms with Crippen molar-refractivity contribution in [2.45, 2.75) is 59.2 Å². The molecule has 11 heteroatoms. The maximum atomic E-state index is 12.7. The molecule has 0 fully saturated rings. The highest BCUT2D eigenvalue weighted by atomic mass is 31.2. The first-order chi connectivity index (χ1) is 14.9. The Labute approximate surface area is 188 Å². The zero-order chi connectivity index (χ0) is 24.3. The van der Waals surface area contributed by atoms with Gasteiger partial charge in [-0.3, -0.25) is 9.36 Å². The number of carboxylic acids is 1. The summed E-state index contributed by atoms with van der Waals surface area (Å²) in [6.45, 7) is 7.16. The van der Waals surface area contributed by atoms with Crippen LogP contribution in [0.15, 0.2) is 30.3 Å². The van der Waals surface area contributed by atoms with Gasteiger partial charge in [-0.1, -0.05) is 64.4 Å². The lowest BCUT2D eigenvalue weighted by Crippen LogP contribution is -2.52. The summed E-state index contributed by atoms with van der Waals surface area (Å²) in [6, 6.07) is 6.71. The van der Waals surface area contributed by atoms with Crippen molar-refractivity contribution in [2.24, 2.45) is 11.8 Å². The molecule has 0 heterocycles. The number of carbonyl (C=O) groups excluding carboxylic acids is 2. The lowest BCUT2D eigenvalue weighted by Gasteiger charge is -2.26. The molecule has 1 rings (SSSR count). The van der Waals surface area contributed by atoms with Crippen LogP contribution in [0.5, 0.6) is 0 Å². The highest BCUT2D eigenvalue weighted by Crippen LogP contribution is 2.35. The minimum atomic E-state index is -4.18.